The summed E-state index contributed by atoms with van der Waals surface area (Å²) in [6, 6.07) is 5.07. The number of ether oxygens (including phenoxy) is 2. The average molecular weight is 603 g/mol. The number of benzene rings is 1. The first-order chi connectivity index (χ1) is 20.5. The number of allylic oxidation sites excluding steroid dienone is 2. The predicted octanol–water partition coefficient (Wildman–Crippen LogP) is 10.1. The topological polar surface area (TPSA) is 55.8 Å². The van der Waals surface area contributed by atoms with Gasteiger partial charge < -0.3 is 14.6 Å². The third-order valence-electron chi connectivity index (χ3n) is 14.6. The minimum absolute atomic E-state index is 0.0848. The molecule has 0 saturated heterocycles. The minimum atomic E-state index is -0.293. The summed E-state index contributed by atoms with van der Waals surface area (Å²) < 4.78 is 11.5. The summed E-state index contributed by atoms with van der Waals surface area (Å²) in [5.41, 5.74) is 4.23. The van der Waals surface area contributed by atoms with Gasteiger partial charge in [-0.25, -0.2) is 4.79 Å². The van der Waals surface area contributed by atoms with Gasteiger partial charge in [0, 0.05) is 11.5 Å². The number of phenolic OH excluding ortho intramolecular Hbond substituents is 1. The summed E-state index contributed by atoms with van der Waals surface area (Å²) in [4.78, 5) is 13.1. The number of carbonyl (C=O) groups is 1. The fourth-order valence-electron chi connectivity index (χ4n) is 12.2. The molecule has 1 aromatic rings. The van der Waals surface area contributed by atoms with Gasteiger partial charge in [-0.05, 0) is 133 Å². The standard InChI is InChI=1S/C40H58O4/c1-35(2)22-23-37(5)18-14-30-39(7)19-15-29-36(3,4)33(44-34(42)13-11-26-10-12-27(41)28(24-26)43-9)17-21-38(29,6)31(39)16-20-40(30,8)32(37)25-35/h10-14,24,29,31-33,41H,15-23,25H2,1-9H3/b13-11-/t29-,31+,32+,33+,37-,38-,39-,40+/m0/s1. The molecule has 44 heavy (non-hydrogen) atoms. The Kier molecular flexibility index (Phi) is 7.50. The number of hydrogen-bond acceptors (Lipinski definition) is 4. The molecule has 5 aliphatic carbocycles. The van der Waals surface area contributed by atoms with E-state index in [0.29, 0.717) is 33.8 Å². The Morgan fingerprint density at radius 1 is 0.864 bits per heavy atom. The maximum absolute atomic E-state index is 13.1. The van der Waals surface area contributed by atoms with Gasteiger partial charge in [-0.1, -0.05) is 73.1 Å². The lowest BCUT2D eigenvalue weighted by molar-refractivity contribution is -0.197. The molecule has 242 valence electrons. The van der Waals surface area contributed by atoms with Crippen LogP contribution in [0.4, 0.5) is 0 Å². The van der Waals surface area contributed by atoms with E-state index in [9.17, 15) is 9.90 Å². The van der Waals surface area contributed by atoms with E-state index in [2.05, 4.69) is 61.5 Å². The van der Waals surface area contributed by atoms with E-state index in [1.807, 2.05) is 5.57 Å². The fourth-order valence-corrected chi connectivity index (χ4v) is 12.2. The molecule has 0 bridgehead atoms. The van der Waals surface area contributed by atoms with Gasteiger partial charge in [-0.3, -0.25) is 0 Å². The lowest BCUT2D eigenvalue weighted by Crippen LogP contribution is -2.63. The van der Waals surface area contributed by atoms with Gasteiger partial charge in [-0.2, -0.15) is 0 Å². The Bertz CT molecular complexity index is 1370. The number of carbonyl (C=O) groups excluding carboxylic acids is 1. The van der Waals surface area contributed by atoms with Crippen molar-refractivity contribution in [1.82, 2.24) is 0 Å². The first-order valence-corrected chi connectivity index (χ1v) is 17.5. The van der Waals surface area contributed by atoms with E-state index in [-0.39, 0.29) is 34.1 Å². The molecule has 1 N–H and O–H groups in total. The van der Waals surface area contributed by atoms with Gasteiger partial charge in [-0.15, -0.1) is 0 Å². The summed E-state index contributed by atoms with van der Waals surface area (Å²) in [5, 5.41) is 9.89. The van der Waals surface area contributed by atoms with Crippen LogP contribution in [0.25, 0.3) is 6.08 Å². The van der Waals surface area contributed by atoms with Crippen LogP contribution in [0.2, 0.25) is 0 Å². The first kappa shape index (κ1) is 31.7. The highest BCUT2D eigenvalue weighted by Gasteiger charge is 2.67. The highest BCUT2D eigenvalue weighted by molar-refractivity contribution is 5.87. The largest absolute Gasteiger partial charge is 0.504 e. The molecule has 0 aromatic heterocycles. The van der Waals surface area contributed by atoms with Crippen molar-refractivity contribution >= 4 is 12.0 Å². The normalized spacial score (nSPS) is 42.2. The van der Waals surface area contributed by atoms with E-state index in [0.717, 1.165) is 24.3 Å². The van der Waals surface area contributed by atoms with Crippen LogP contribution in [0.15, 0.2) is 35.9 Å². The quantitative estimate of drug-likeness (QED) is 0.212. The van der Waals surface area contributed by atoms with E-state index < -0.39 is 0 Å². The highest BCUT2D eigenvalue weighted by atomic mass is 16.5. The van der Waals surface area contributed by atoms with Crippen molar-refractivity contribution in [3.63, 3.8) is 0 Å². The zero-order chi connectivity index (χ0) is 31.9. The summed E-state index contributed by atoms with van der Waals surface area (Å²) in [6.45, 7) is 20.3. The monoisotopic (exact) mass is 602 g/mol. The van der Waals surface area contributed by atoms with Crippen LogP contribution in [-0.2, 0) is 9.53 Å². The van der Waals surface area contributed by atoms with E-state index in [1.165, 1.54) is 64.6 Å². The van der Waals surface area contributed by atoms with Crippen LogP contribution >= 0.6 is 0 Å². The maximum Gasteiger partial charge on any atom is 0.331 e. The fraction of sp³-hybridized carbons (Fsp3) is 0.725. The van der Waals surface area contributed by atoms with Crippen molar-refractivity contribution in [3.8, 4) is 11.5 Å². The second-order valence-electron chi connectivity index (χ2n) is 18.0. The first-order valence-electron chi connectivity index (χ1n) is 17.5. The SMILES string of the molecule is COc1cc(/C=C\C(=O)O[C@@H]2CC[C@]3(C)[C@H]4CC[C@]5(C)C(=CC[C@@]6(C)CCC(C)(C)C[C@H]65)[C@]4(C)CC[C@H]3C2(C)C)ccc1O. The molecule has 0 radical (unpaired) electrons. The number of aromatic hydroxyl groups is 1. The number of methoxy groups -OCH3 is 1. The number of hydrogen-bond donors (Lipinski definition) is 1. The molecule has 4 heteroatoms. The Morgan fingerprint density at radius 2 is 1.55 bits per heavy atom. The number of phenols is 1. The summed E-state index contributed by atoms with van der Waals surface area (Å²) in [6.07, 6.45) is 18.4. The third-order valence-corrected chi connectivity index (χ3v) is 14.6. The van der Waals surface area contributed by atoms with Crippen molar-refractivity contribution in [2.24, 2.45) is 50.2 Å². The van der Waals surface area contributed by atoms with Crippen LogP contribution in [0.1, 0.15) is 125 Å². The van der Waals surface area contributed by atoms with E-state index in [4.69, 9.17) is 9.47 Å². The van der Waals surface area contributed by atoms with Crippen molar-refractivity contribution in [3.05, 3.63) is 41.5 Å². The Labute approximate surface area is 267 Å². The lowest BCUT2D eigenvalue weighted by atomic mass is 9.34. The molecule has 5 aliphatic rings. The molecular weight excluding hydrogens is 544 g/mol. The smallest absolute Gasteiger partial charge is 0.331 e. The number of rotatable bonds is 4. The Hall–Kier alpha value is -2.23. The Balaban J connectivity index is 1.21. The minimum Gasteiger partial charge on any atom is -0.504 e. The van der Waals surface area contributed by atoms with Crippen LogP contribution in [0.5, 0.6) is 11.5 Å². The average Bonchev–Trinajstić information content (AvgIpc) is 2.94. The number of esters is 1. The Morgan fingerprint density at radius 3 is 2.25 bits per heavy atom. The predicted molar refractivity (Wildman–Crippen MR) is 178 cm³/mol. The molecule has 4 saturated carbocycles. The molecule has 1 aromatic carbocycles. The number of fused-ring (bicyclic) bond motifs is 7. The van der Waals surface area contributed by atoms with Gasteiger partial charge in [0.25, 0.3) is 0 Å². The van der Waals surface area contributed by atoms with Crippen molar-refractivity contribution in [2.45, 2.75) is 126 Å². The van der Waals surface area contributed by atoms with Crippen LogP contribution in [0.3, 0.4) is 0 Å². The second kappa shape index (κ2) is 10.4. The summed E-state index contributed by atoms with van der Waals surface area (Å²) >= 11 is 0. The molecule has 8 atom stereocenters. The molecule has 6 rings (SSSR count). The van der Waals surface area contributed by atoms with Crippen molar-refractivity contribution in [1.29, 1.82) is 0 Å². The van der Waals surface area contributed by atoms with E-state index in [1.54, 1.807) is 24.3 Å². The molecule has 0 aliphatic heterocycles. The van der Waals surface area contributed by atoms with Crippen LogP contribution < -0.4 is 4.74 Å². The van der Waals surface area contributed by atoms with Gasteiger partial charge in [0.15, 0.2) is 11.5 Å². The van der Waals surface area contributed by atoms with Crippen molar-refractivity contribution < 1.29 is 19.4 Å². The molecule has 4 fully saturated rings. The van der Waals surface area contributed by atoms with Crippen LogP contribution in [-0.4, -0.2) is 24.3 Å². The van der Waals surface area contributed by atoms with Crippen molar-refractivity contribution in [2.75, 3.05) is 7.11 Å². The maximum atomic E-state index is 13.1. The van der Waals surface area contributed by atoms with Crippen LogP contribution in [0, 0.1) is 50.2 Å². The third kappa shape index (κ3) is 4.79. The van der Waals surface area contributed by atoms with Gasteiger partial charge in [0.1, 0.15) is 6.10 Å². The second-order valence-corrected chi connectivity index (χ2v) is 18.0. The molecule has 0 amide bonds. The summed E-state index contributed by atoms with van der Waals surface area (Å²) in [5.74, 6) is 2.16. The highest BCUT2D eigenvalue weighted by Crippen LogP contribution is 2.75. The molecule has 0 heterocycles. The van der Waals surface area contributed by atoms with Gasteiger partial charge in [0.05, 0.1) is 7.11 Å². The van der Waals surface area contributed by atoms with Gasteiger partial charge >= 0.3 is 5.97 Å². The zero-order valence-electron chi connectivity index (χ0n) is 29.0. The lowest BCUT2D eigenvalue weighted by Gasteiger charge is -2.70. The molecular formula is C40H58O4. The zero-order valence-corrected chi connectivity index (χ0v) is 29.0. The molecule has 0 spiro atoms. The summed E-state index contributed by atoms with van der Waals surface area (Å²) in [7, 11) is 1.52. The van der Waals surface area contributed by atoms with Gasteiger partial charge in [0.2, 0.25) is 0 Å². The molecule has 0 unspecified atom stereocenters. The van der Waals surface area contributed by atoms with E-state index >= 15 is 0 Å². The molecule has 4 nitrogen and oxygen atoms in total.